The molecule has 0 heterocycles. The van der Waals surface area contributed by atoms with Crippen molar-refractivity contribution in [1.82, 2.24) is 0 Å². The van der Waals surface area contributed by atoms with Crippen LogP contribution >= 0.6 is 0 Å². The lowest BCUT2D eigenvalue weighted by molar-refractivity contribution is -0.102. The van der Waals surface area contributed by atoms with Crippen molar-refractivity contribution in [2.24, 2.45) is 5.73 Å². The fourth-order valence-electron chi connectivity index (χ4n) is 1.44. The van der Waals surface area contributed by atoms with Gasteiger partial charge in [-0.3, -0.25) is 5.41 Å². The Balaban J connectivity index is 2.51. The Hall–Kier alpha value is -1.88. The third-order valence-electron chi connectivity index (χ3n) is 2.40. The minimum absolute atomic E-state index is 0.0326. The summed E-state index contributed by atoms with van der Waals surface area (Å²) in [6, 6.07) is 7.15. The molecule has 1 aromatic carbocycles. The van der Waals surface area contributed by atoms with Crippen molar-refractivity contribution in [1.29, 1.82) is 5.41 Å². The summed E-state index contributed by atoms with van der Waals surface area (Å²) in [5.74, 6) is 0.0326. The van der Waals surface area contributed by atoms with Crippen molar-refractivity contribution in [3.8, 4) is 0 Å². The molecule has 0 aromatic heterocycles. The van der Waals surface area contributed by atoms with Crippen molar-refractivity contribution in [3.05, 3.63) is 35.4 Å². The van der Waals surface area contributed by atoms with Crippen LogP contribution < -0.4 is 5.73 Å². The summed E-state index contributed by atoms with van der Waals surface area (Å²) in [6.07, 6.45) is 0.941. The van der Waals surface area contributed by atoms with Crippen LogP contribution in [0.2, 0.25) is 0 Å². The van der Waals surface area contributed by atoms with E-state index in [2.05, 4.69) is 4.74 Å². The molecule has 0 saturated carbocycles. The van der Waals surface area contributed by atoms with Crippen LogP contribution in [0.4, 0.5) is 0 Å². The molecule has 0 aliphatic heterocycles. The smallest absolute Gasteiger partial charge is 0.419 e. The van der Waals surface area contributed by atoms with Crippen molar-refractivity contribution >= 4 is 12.3 Å². The zero-order valence-electron chi connectivity index (χ0n) is 10.3. The van der Waals surface area contributed by atoms with Crippen molar-refractivity contribution < 1.29 is 14.3 Å². The number of rotatable bonds is 8. The predicted molar refractivity (Wildman–Crippen MR) is 67.7 cm³/mol. The summed E-state index contributed by atoms with van der Waals surface area (Å²) in [4.78, 5) is 10.2. The normalized spacial score (nSPS) is 11.8. The summed E-state index contributed by atoms with van der Waals surface area (Å²) >= 11 is 0. The average molecular weight is 249 g/mol. The summed E-state index contributed by atoms with van der Waals surface area (Å²) in [6.45, 7) is 3.71. The third-order valence-corrected chi connectivity index (χ3v) is 2.40. The average Bonchev–Trinajstić information content (AvgIpc) is 2.37. The Bertz CT molecular complexity index is 390. The Labute approximate surface area is 106 Å². The fourth-order valence-corrected chi connectivity index (χ4v) is 1.44. The SMILES string of the molecule is CCCC(O[C]=O)OCc1ccc(C(=N)N)cc1. The van der Waals surface area contributed by atoms with E-state index in [0.29, 0.717) is 18.6 Å². The molecular weight excluding hydrogens is 232 g/mol. The van der Waals surface area contributed by atoms with Gasteiger partial charge in [-0.2, -0.15) is 0 Å². The van der Waals surface area contributed by atoms with Gasteiger partial charge in [-0.15, -0.1) is 0 Å². The molecular formula is C13H17N2O3. The molecule has 5 heteroatoms. The Kier molecular flexibility index (Phi) is 5.87. The van der Waals surface area contributed by atoms with Crippen molar-refractivity contribution in [2.45, 2.75) is 32.7 Å². The lowest BCUT2D eigenvalue weighted by Crippen LogP contribution is -2.16. The van der Waals surface area contributed by atoms with Gasteiger partial charge in [0.25, 0.3) is 0 Å². The highest BCUT2D eigenvalue weighted by Crippen LogP contribution is 2.09. The zero-order chi connectivity index (χ0) is 13.4. The van der Waals surface area contributed by atoms with E-state index in [4.69, 9.17) is 15.9 Å². The first kappa shape index (κ1) is 14.2. The van der Waals surface area contributed by atoms with E-state index in [1.54, 1.807) is 12.1 Å². The second-order valence-corrected chi connectivity index (χ2v) is 3.84. The molecule has 0 aliphatic carbocycles. The van der Waals surface area contributed by atoms with E-state index in [1.807, 2.05) is 19.1 Å². The van der Waals surface area contributed by atoms with Gasteiger partial charge in [0.1, 0.15) is 5.84 Å². The predicted octanol–water partition coefficient (Wildman–Crippen LogP) is 1.70. The van der Waals surface area contributed by atoms with Gasteiger partial charge in [-0.25, -0.2) is 4.79 Å². The Morgan fingerprint density at radius 1 is 1.44 bits per heavy atom. The first-order valence-corrected chi connectivity index (χ1v) is 5.75. The van der Waals surface area contributed by atoms with E-state index in [9.17, 15) is 4.79 Å². The van der Waals surface area contributed by atoms with Crippen LogP contribution in [0.3, 0.4) is 0 Å². The summed E-state index contributed by atoms with van der Waals surface area (Å²) in [7, 11) is 0. The van der Waals surface area contributed by atoms with Gasteiger partial charge in [-0.1, -0.05) is 37.6 Å². The molecule has 0 spiro atoms. The van der Waals surface area contributed by atoms with E-state index in [1.165, 1.54) is 6.47 Å². The second-order valence-electron chi connectivity index (χ2n) is 3.84. The number of hydrogen-bond donors (Lipinski definition) is 2. The molecule has 0 bridgehead atoms. The van der Waals surface area contributed by atoms with Gasteiger partial charge in [0.15, 0.2) is 0 Å². The van der Waals surface area contributed by atoms with Gasteiger partial charge in [-0.05, 0) is 5.56 Å². The van der Waals surface area contributed by atoms with Crippen LogP contribution in [0, 0.1) is 5.41 Å². The van der Waals surface area contributed by atoms with Crippen LogP contribution in [-0.4, -0.2) is 18.6 Å². The van der Waals surface area contributed by atoms with E-state index in [-0.39, 0.29) is 5.84 Å². The van der Waals surface area contributed by atoms with Gasteiger partial charge in [0.2, 0.25) is 6.29 Å². The minimum atomic E-state index is -0.556. The molecule has 3 N–H and O–H groups in total. The van der Waals surface area contributed by atoms with Gasteiger partial charge >= 0.3 is 6.47 Å². The summed E-state index contributed by atoms with van der Waals surface area (Å²) in [5, 5.41) is 7.27. The Morgan fingerprint density at radius 2 is 2.11 bits per heavy atom. The number of hydrogen-bond acceptors (Lipinski definition) is 4. The van der Waals surface area contributed by atoms with Crippen LogP contribution in [0.1, 0.15) is 30.9 Å². The van der Waals surface area contributed by atoms with Crippen LogP contribution in [0.15, 0.2) is 24.3 Å². The monoisotopic (exact) mass is 249 g/mol. The van der Waals surface area contributed by atoms with Crippen molar-refractivity contribution in [2.75, 3.05) is 0 Å². The maximum absolute atomic E-state index is 10.2. The molecule has 1 radical (unpaired) electrons. The van der Waals surface area contributed by atoms with Gasteiger partial charge in [0.05, 0.1) is 6.61 Å². The van der Waals surface area contributed by atoms with E-state index in [0.717, 1.165) is 12.0 Å². The molecule has 1 rings (SSSR count). The molecule has 0 fully saturated rings. The molecule has 97 valence electrons. The fraction of sp³-hybridized carbons (Fsp3) is 0.385. The van der Waals surface area contributed by atoms with Crippen LogP contribution in [0.25, 0.3) is 0 Å². The van der Waals surface area contributed by atoms with Gasteiger partial charge < -0.3 is 15.2 Å². The zero-order valence-corrected chi connectivity index (χ0v) is 10.3. The largest absolute Gasteiger partial charge is 0.427 e. The molecule has 5 nitrogen and oxygen atoms in total. The molecule has 0 amide bonds. The maximum atomic E-state index is 10.2. The second kappa shape index (κ2) is 7.45. The quantitative estimate of drug-likeness (QED) is 0.417. The van der Waals surface area contributed by atoms with Crippen molar-refractivity contribution in [3.63, 3.8) is 0 Å². The number of nitrogen functional groups attached to an aromatic ring is 1. The molecule has 1 aromatic rings. The number of nitrogens with two attached hydrogens (primary N) is 1. The summed E-state index contributed by atoms with van der Waals surface area (Å²) in [5.41, 5.74) is 6.95. The minimum Gasteiger partial charge on any atom is -0.427 e. The molecule has 18 heavy (non-hydrogen) atoms. The first-order chi connectivity index (χ1) is 8.67. The van der Waals surface area contributed by atoms with E-state index < -0.39 is 6.29 Å². The van der Waals surface area contributed by atoms with Crippen LogP contribution in [-0.2, 0) is 20.9 Å². The third kappa shape index (κ3) is 4.55. The molecule has 1 unspecified atom stereocenters. The maximum Gasteiger partial charge on any atom is 0.419 e. The molecule has 0 aliphatic rings. The summed E-state index contributed by atoms with van der Waals surface area (Å²) < 4.78 is 10.1. The highest BCUT2D eigenvalue weighted by Gasteiger charge is 2.09. The number of amidine groups is 1. The molecule has 1 atom stereocenters. The first-order valence-electron chi connectivity index (χ1n) is 5.75. The number of ether oxygens (including phenoxy) is 2. The highest BCUT2D eigenvalue weighted by atomic mass is 16.7. The van der Waals surface area contributed by atoms with E-state index >= 15 is 0 Å². The lowest BCUT2D eigenvalue weighted by Gasteiger charge is -2.14. The topological polar surface area (TPSA) is 85.4 Å². The highest BCUT2D eigenvalue weighted by molar-refractivity contribution is 5.94. The Morgan fingerprint density at radius 3 is 2.61 bits per heavy atom. The molecule has 0 saturated heterocycles. The number of carbonyl (C=O) groups excluding carboxylic acids is 1. The standard InChI is InChI=1S/C13H17N2O3/c1-2-3-12(18-9-16)17-8-10-4-6-11(7-5-10)13(14)15/h4-7,12H,2-3,8H2,1H3,(H3,14,15). The number of benzene rings is 1. The lowest BCUT2D eigenvalue weighted by atomic mass is 10.1. The van der Waals surface area contributed by atoms with Gasteiger partial charge in [0, 0.05) is 12.0 Å². The van der Waals surface area contributed by atoms with Crippen LogP contribution in [0.5, 0.6) is 0 Å². The number of nitrogens with one attached hydrogen (secondary N) is 1.